The molecule has 0 fully saturated rings. The van der Waals surface area contributed by atoms with Gasteiger partial charge in [0.1, 0.15) is 0 Å². The first-order chi connectivity index (χ1) is 6.27. The lowest BCUT2D eigenvalue weighted by molar-refractivity contribution is 1.34. The normalized spacial score (nSPS) is 11.0. The summed E-state index contributed by atoms with van der Waals surface area (Å²) < 4.78 is 0. The maximum absolute atomic E-state index is 4.54. The lowest BCUT2D eigenvalue weighted by Gasteiger charge is -2.04. The Morgan fingerprint density at radius 1 is 1.08 bits per heavy atom. The first kappa shape index (κ1) is 8.58. The minimum Gasteiger partial charge on any atom is -0.252 e. The highest BCUT2D eigenvalue weighted by Gasteiger charge is 2.01. The van der Waals surface area contributed by atoms with Crippen molar-refractivity contribution in [3.63, 3.8) is 0 Å². The van der Waals surface area contributed by atoms with Gasteiger partial charge in [-0.25, -0.2) is 4.98 Å². The van der Waals surface area contributed by atoms with Crippen LogP contribution in [0.1, 0.15) is 0 Å². The minimum atomic E-state index is -0.142. The van der Waals surface area contributed by atoms with Crippen LogP contribution in [0, 0.1) is 0 Å². The topological polar surface area (TPSA) is 25.8 Å². The molecular weight excluding hydrogens is 179 g/mol. The van der Waals surface area contributed by atoms with Crippen molar-refractivity contribution in [1.29, 1.82) is 0 Å². The Morgan fingerprint density at radius 2 is 1.77 bits per heavy atom. The number of hydrogen-bond acceptors (Lipinski definition) is 2. The van der Waals surface area contributed by atoms with Gasteiger partial charge in [0.05, 0.1) is 22.7 Å². The monoisotopic (exact) mass is 190 g/mol. The van der Waals surface area contributed by atoms with E-state index in [4.69, 9.17) is 0 Å². The van der Waals surface area contributed by atoms with Crippen molar-refractivity contribution < 1.29 is 0 Å². The van der Waals surface area contributed by atoms with E-state index in [9.17, 15) is 0 Å². The van der Waals surface area contributed by atoms with Gasteiger partial charge in [0.2, 0.25) is 0 Å². The second-order valence-corrected chi connectivity index (χ2v) is 5.36. The van der Waals surface area contributed by atoms with Gasteiger partial charge in [-0.15, -0.1) is 0 Å². The number of benzene rings is 1. The summed E-state index contributed by atoms with van der Waals surface area (Å²) >= 11 is 0. The van der Waals surface area contributed by atoms with E-state index in [2.05, 4.69) is 23.3 Å². The summed E-state index contributed by atoms with van der Waals surface area (Å²) in [5.41, 5.74) is 3.09. The van der Waals surface area contributed by atoms with E-state index in [1.807, 2.05) is 30.5 Å². The van der Waals surface area contributed by atoms with E-state index in [-0.39, 0.29) is 7.92 Å². The zero-order valence-corrected chi connectivity index (χ0v) is 8.62. The van der Waals surface area contributed by atoms with Gasteiger partial charge in [0, 0.05) is 0 Å². The minimum absolute atomic E-state index is 0.142. The predicted molar refractivity (Wildman–Crippen MR) is 57.9 cm³/mol. The molecule has 2 aromatic rings. The van der Waals surface area contributed by atoms with E-state index < -0.39 is 0 Å². The Labute approximate surface area is 78.8 Å². The molecule has 0 spiro atoms. The van der Waals surface area contributed by atoms with Crippen molar-refractivity contribution in [3.8, 4) is 0 Å². The highest BCUT2D eigenvalue weighted by molar-refractivity contribution is 7.63. The average Bonchev–Trinajstić information content (AvgIpc) is 2.17. The first-order valence-corrected chi connectivity index (χ1v) is 6.40. The molecule has 0 bridgehead atoms. The third-order valence-electron chi connectivity index (χ3n) is 1.89. The van der Waals surface area contributed by atoms with Crippen molar-refractivity contribution in [1.82, 2.24) is 9.97 Å². The molecular formula is C10H11N2P. The van der Waals surface area contributed by atoms with Crippen LogP contribution in [-0.4, -0.2) is 23.3 Å². The second-order valence-electron chi connectivity index (χ2n) is 3.11. The van der Waals surface area contributed by atoms with Gasteiger partial charge in [-0.1, -0.05) is 20.1 Å². The number of fused-ring (bicyclic) bond motifs is 1. The predicted octanol–water partition coefficient (Wildman–Crippen LogP) is 2.00. The molecule has 0 amide bonds. The molecule has 0 unspecified atom stereocenters. The molecule has 66 valence electrons. The molecule has 0 radical (unpaired) electrons. The quantitative estimate of drug-likeness (QED) is 0.643. The van der Waals surface area contributed by atoms with Crippen LogP contribution in [0.15, 0.2) is 30.5 Å². The number of rotatable bonds is 1. The van der Waals surface area contributed by atoms with E-state index in [0.29, 0.717) is 0 Å². The number of nitrogens with zero attached hydrogens (tertiary/aromatic N) is 2. The summed E-state index contributed by atoms with van der Waals surface area (Å²) in [6.07, 6.45) is 1.88. The van der Waals surface area contributed by atoms with Crippen molar-refractivity contribution >= 4 is 24.4 Å². The summed E-state index contributed by atoms with van der Waals surface area (Å²) in [6.45, 7) is 4.38. The van der Waals surface area contributed by atoms with Gasteiger partial charge in [0.15, 0.2) is 0 Å². The van der Waals surface area contributed by atoms with Crippen molar-refractivity contribution in [2.24, 2.45) is 0 Å². The Morgan fingerprint density at radius 3 is 2.46 bits per heavy atom. The van der Waals surface area contributed by atoms with E-state index in [1.54, 1.807) is 0 Å². The zero-order valence-electron chi connectivity index (χ0n) is 7.73. The SMILES string of the molecule is CP(C)c1cnc2ccccc2n1. The van der Waals surface area contributed by atoms with Gasteiger partial charge in [-0.3, -0.25) is 4.98 Å². The highest BCUT2D eigenvalue weighted by Crippen LogP contribution is 2.22. The lowest BCUT2D eigenvalue weighted by atomic mass is 10.3. The zero-order chi connectivity index (χ0) is 9.26. The molecule has 3 heteroatoms. The molecule has 0 N–H and O–H groups in total. The molecule has 0 aliphatic heterocycles. The molecule has 0 aliphatic rings. The molecule has 1 aromatic heterocycles. The average molecular weight is 190 g/mol. The Hall–Kier alpha value is -1.01. The first-order valence-electron chi connectivity index (χ1n) is 4.16. The lowest BCUT2D eigenvalue weighted by Crippen LogP contribution is -2.06. The van der Waals surface area contributed by atoms with Gasteiger partial charge in [-0.2, -0.15) is 0 Å². The third kappa shape index (κ3) is 1.68. The fraction of sp³-hybridized carbons (Fsp3) is 0.200. The number of aromatic nitrogens is 2. The van der Waals surface area contributed by atoms with Crippen LogP contribution < -0.4 is 5.44 Å². The van der Waals surface area contributed by atoms with Crippen LogP contribution in [0.25, 0.3) is 11.0 Å². The van der Waals surface area contributed by atoms with Crippen LogP contribution in [0.5, 0.6) is 0 Å². The van der Waals surface area contributed by atoms with Crippen LogP contribution in [0.4, 0.5) is 0 Å². The summed E-state index contributed by atoms with van der Waals surface area (Å²) in [5, 5.41) is 0. The standard InChI is InChI=1S/C10H11N2P/c1-13(2)10-7-11-8-5-3-4-6-9(8)12-10/h3-7H,1-2H3. The highest BCUT2D eigenvalue weighted by atomic mass is 31.1. The van der Waals surface area contributed by atoms with Gasteiger partial charge in [0.25, 0.3) is 0 Å². The second kappa shape index (κ2) is 3.39. The Bertz CT molecular complexity index is 426. The van der Waals surface area contributed by atoms with Crippen LogP contribution >= 0.6 is 7.92 Å². The smallest absolute Gasteiger partial charge is 0.0894 e. The van der Waals surface area contributed by atoms with Crippen molar-refractivity contribution in [2.45, 2.75) is 0 Å². The summed E-state index contributed by atoms with van der Waals surface area (Å²) in [7, 11) is -0.142. The van der Waals surface area contributed by atoms with Crippen molar-refractivity contribution in [2.75, 3.05) is 13.3 Å². The molecule has 0 saturated heterocycles. The maximum Gasteiger partial charge on any atom is 0.0894 e. The summed E-state index contributed by atoms with van der Waals surface area (Å²) in [5.74, 6) is 0. The number of hydrogen-bond donors (Lipinski definition) is 0. The van der Waals surface area contributed by atoms with Crippen LogP contribution in [-0.2, 0) is 0 Å². The fourth-order valence-electron chi connectivity index (χ4n) is 1.16. The summed E-state index contributed by atoms with van der Waals surface area (Å²) in [4.78, 5) is 8.90. The third-order valence-corrected chi connectivity index (χ3v) is 3.03. The molecule has 2 nitrogen and oxygen atoms in total. The van der Waals surface area contributed by atoms with Crippen LogP contribution in [0.2, 0.25) is 0 Å². The Balaban J connectivity index is 2.62. The number of para-hydroxylation sites is 2. The molecule has 1 aromatic carbocycles. The molecule has 0 atom stereocenters. The van der Waals surface area contributed by atoms with Gasteiger partial charge in [-0.05, 0) is 25.5 Å². The van der Waals surface area contributed by atoms with Crippen molar-refractivity contribution in [3.05, 3.63) is 30.5 Å². The Kier molecular flexibility index (Phi) is 2.24. The molecule has 1 heterocycles. The molecule has 13 heavy (non-hydrogen) atoms. The fourth-order valence-corrected chi connectivity index (χ4v) is 1.76. The molecule has 0 aliphatic carbocycles. The van der Waals surface area contributed by atoms with Crippen LogP contribution in [0.3, 0.4) is 0 Å². The molecule has 2 rings (SSSR count). The maximum atomic E-state index is 4.54. The summed E-state index contributed by atoms with van der Waals surface area (Å²) in [6, 6.07) is 7.97. The largest absolute Gasteiger partial charge is 0.252 e. The van der Waals surface area contributed by atoms with Gasteiger partial charge < -0.3 is 0 Å². The van der Waals surface area contributed by atoms with E-state index in [1.165, 1.54) is 0 Å². The molecule has 0 saturated carbocycles. The van der Waals surface area contributed by atoms with E-state index >= 15 is 0 Å². The van der Waals surface area contributed by atoms with E-state index in [0.717, 1.165) is 16.5 Å². The van der Waals surface area contributed by atoms with Gasteiger partial charge >= 0.3 is 0 Å².